The summed E-state index contributed by atoms with van der Waals surface area (Å²) in [5.41, 5.74) is -0.683. The summed E-state index contributed by atoms with van der Waals surface area (Å²) in [6, 6.07) is 4.28. The SMILES string of the molecule is CC(C)(C)c1cccc(C(=O)[O-])c1C(=O)[O-].[Na+].[Na+]. The van der Waals surface area contributed by atoms with Gasteiger partial charge in [0.2, 0.25) is 0 Å². The summed E-state index contributed by atoms with van der Waals surface area (Å²) >= 11 is 0. The molecule has 0 radical (unpaired) electrons. The van der Waals surface area contributed by atoms with Crippen LogP contribution in [0.1, 0.15) is 47.1 Å². The molecule has 4 nitrogen and oxygen atoms in total. The maximum Gasteiger partial charge on any atom is 1.00 e. The van der Waals surface area contributed by atoms with Crippen molar-refractivity contribution in [2.24, 2.45) is 0 Å². The van der Waals surface area contributed by atoms with Crippen LogP contribution in [0.15, 0.2) is 18.2 Å². The Balaban J connectivity index is 0. The third-order valence-electron chi connectivity index (χ3n) is 2.30. The number of hydrogen-bond acceptors (Lipinski definition) is 4. The van der Waals surface area contributed by atoms with Crippen LogP contribution in [-0.2, 0) is 5.41 Å². The Kier molecular flexibility index (Phi) is 8.73. The van der Waals surface area contributed by atoms with E-state index in [0.29, 0.717) is 5.56 Å². The Morgan fingerprint density at radius 2 is 1.50 bits per heavy atom. The second-order valence-electron chi connectivity index (χ2n) is 4.55. The first-order valence-electron chi connectivity index (χ1n) is 4.81. The minimum Gasteiger partial charge on any atom is -0.545 e. The van der Waals surface area contributed by atoms with Gasteiger partial charge in [0.05, 0.1) is 11.9 Å². The number of rotatable bonds is 2. The third-order valence-corrected chi connectivity index (χ3v) is 2.30. The fourth-order valence-corrected chi connectivity index (χ4v) is 1.57. The summed E-state index contributed by atoms with van der Waals surface area (Å²) in [6.45, 7) is 5.40. The molecule has 0 unspecified atom stereocenters. The Morgan fingerprint density at radius 3 is 1.83 bits per heavy atom. The van der Waals surface area contributed by atoms with E-state index in [9.17, 15) is 19.8 Å². The molecule has 86 valence electrons. The molecule has 0 amide bonds. The number of carboxylic acid groups (broad SMARTS) is 2. The first-order chi connectivity index (χ1) is 7.25. The number of benzene rings is 1. The van der Waals surface area contributed by atoms with Gasteiger partial charge in [0.15, 0.2) is 0 Å². The predicted octanol–water partition coefficient (Wildman–Crippen LogP) is -6.28. The summed E-state index contributed by atoms with van der Waals surface area (Å²) in [5.74, 6) is -3.00. The molecule has 0 saturated heterocycles. The maximum absolute atomic E-state index is 11.0. The monoisotopic (exact) mass is 266 g/mol. The van der Waals surface area contributed by atoms with E-state index in [1.54, 1.807) is 26.8 Å². The molecule has 1 aromatic rings. The van der Waals surface area contributed by atoms with Gasteiger partial charge >= 0.3 is 59.1 Å². The van der Waals surface area contributed by atoms with Crippen LogP contribution >= 0.6 is 0 Å². The molecule has 1 rings (SSSR count). The predicted molar refractivity (Wildman–Crippen MR) is 53.8 cm³/mol. The smallest absolute Gasteiger partial charge is 0.545 e. The summed E-state index contributed by atoms with van der Waals surface area (Å²) in [6.07, 6.45) is 0. The van der Waals surface area contributed by atoms with E-state index in [2.05, 4.69) is 0 Å². The van der Waals surface area contributed by atoms with Crippen molar-refractivity contribution in [2.75, 3.05) is 0 Å². The summed E-state index contributed by atoms with van der Waals surface area (Å²) in [5, 5.41) is 21.8. The number of carbonyl (C=O) groups excluding carboxylic acids is 2. The van der Waals surface area contributed by atoms with Gasteiger partial charge in [0.25, 0.3) is 0 Å². The third kappa shape index (κ3) is 4.68. The topological polar surface area (TPSA) is 80.3 Å². The van der Waals surface area contributed by atoms with Crippen molar-refractivity contribution in [3.8, 4) is 0 Å². The summed E-state index contributed by atoms with van der Waals surface area (Å²) in [4.78, 5) is 21.8. The Hall–Kier alpha value is 0.160. The molecule has 0 aliphatic rings. The molecule has 0 fully saturated rings. The van der Waals surface area contributed by atoms with Gasteiger partial charge in [0, 0.05) is 11.1 Å². The van der Waals surface area contributed by atoms with Crippen LogP contribution in [0.5, 0.6) is 0 Å². The van der Waals surface area contributed by atoms with Gasteiger partial charge in [-0.15, -0.1) is 0 Å². The summed E-state index contributed by atoms with van der Waals surface area (Å²) in [7, 11) is 0. The van der Waals surface area contributed by atoms with Gasteiger partial charge in [-0.25, -0.2) is 0 Å². The molecule has 0 N–H and O–H groups in total. The zero-order chi connectivity index (χ0) is 12.5. The van der Waals surface area contributed by atoms with Crippen molar-refractivity contribution in [3.63, 3.8) is 0 Å². The number of hydrogen-bond donors (Lipinski definition) is 0. The van der Waals surface area contributed by atoms with E-state index < -0.39 is 17.4 Å². The molecule has 0 spiro atoms. The van der Waals surface area contributed by atoms with Gasteiger partial charge < -0.3 is 19.8 Å². The quantitative estimate of drug-likeness (QED) is 0.499. The molecular weight excluding hydrogens is 254 g/mol. The molecular formula is C12H12Na2O4. The number of aromatic carboxylic acids is 2. The molecule has 0 heterocycles. The van der Waals surface area contributed by atoms with E-state index in [4.69, 9.17) is 0 Å². The molecule has 0 saturated carbocycles. The van der Waals surface area contributed by atoms with Crippen LogP contribution in [0.3, 0.4) is 0 Å². The summed E-state index contributed by atoms with van der Waals surface area (Å²) < 4.78 is 0. The van der Waals surface area contributed by atoms with Gasteiger partial charge in [-0.3, -0.25) is 0 Å². The van der Waals surface area contributed by atoms with Gasteiger partial charge in [-0.2, -0.15) is 0 Å². The molecule has 6 heteroatoms. The molecule has 0 bridgehead atoms. The number of carboxylic acids is 2. The minimum absolute atomic E-state index is 0. The van der Waals surface area contributed by atoms with Crippen molar-refractivity contribution in [2.45, 2.75) is 26.2 Å². The standard InChI is InChI=1S/C12H14O4.2Na/c1-12(2,3)8-6-4-5-7(10(13)14)9(8)11(15)16;;/h4-6H,1-3H3,(H,13,14)(H,15,16);;/q;2*+1/p-2. The van der Waals surface area contributed by atoms with Crippen LogP contribution in [-0.4, -0.2) is 11.9 Å². The van der Waals surface area contributed by atoms with Gasteiger partial charge in [-0.05, 0) is 11.0 Å². The first-order valence-corrected chi connectivity index (χ1v) is 4.81. The fraction of sp³-hybridized carbons (Fsp3) is 0.333. The zero-order valence-electron chi connectivity index (χ0n) is 11.4. The van der Waals surface area contributed by atoms with Gasteiger partial charge in [0.1, 0.15) is 0 Å². The van der Waals surface area contributed by atoms with E-state index in [-0.39, 0.29) is 70.2 Å². The minimum atomic E-state index is -1.51. The zero-order valence-corrected chi connectivity index (χ0v) is 15.4. The maximum atomic E-state index is 11.0. The molecule has 18 heavy (non-hydrogen) atoms. The van der Waals surface area contributed by atoms with Crippen molar-refractivity contribution in [1.82, 2.24) is 0 Å². The Morgan fingerprint density at radius 1 is 1.00 bits per heavy atom. The first kappa shape index (κ1) is 20.5. The molecule has 0 atom stereocenters. The molecule has 0 aliphatic heterocycles. The Bertz CT molecular complexity index is 450. The molecule has 0 aromatic heterocycles. The van der Waals surface area contributed by atoms with Crippen LogP contribution in [0.25, 0.3) is 0 Å². The average molecular weight is 266 g/mol. The van der Waals surface area contributed by atoms with E-state index >= 15 is 0 Å². The van der Waals surface area contributed by atoms with Crippen molar-refractivity contribution >= 4 is 11.9 Å². The van der Waals surface area contributed by atoms with Gasteiger partial charge in [-0.1, -0.05) is 39.0 Å². The van der Waals surface area contributed by atoms with Crippen molar-refractivity contribution in [1.29, 1.82) is 0 Å². The second-order valence-corrected chi connectivity index (χ2v) is 4.55. The normalized spacial score (nSPS) is 9.94. The second kappa shape index (κ2) is 7.68. The van der Waals surface area contributed by atoms with Crippen molar-refractivity contribution in [3.05, 3.63) is 34.9 Å². The van der Waals surface area contributed by atoms with Crippen LogP contribution < -0.4 is 69.3 Å². The van der Waals surface area contributed by atoms with E-state index in [1.165, 1.54) is 12.1 Å². The van der Waals surface area contributed by atoms with Crippen LogP contribution in [0.2, 0.25) is 0 Å². The molecule has 1 aromatic carbocycles. The van der Waals surface area contributed by atoms with Crippen LogP contribution in [0.4, 0.5) is 0 Å². The number of carbonyl (C=O) groups is 2. The van der Waals surface area contributed by atoms with Crippen LogP contribution in [0, 0.1) is 0 Å². The van der Waals surface area contributed by atoms with E-state index in [0.717, 1.165) is 0 Å². The average Bonchev–Trinajstić information content (AvgIpc) is 2.14. The largest absolute Gasteiger partial charge is 1.00 e. The Labute approximate surface area is 150 Å². The molecule has 0 aliphatic carbocycles. The van der Waals surface area contributed by atoms with E-state index in [1.807, 2.05) is 0 Å². The van der Waals surface area contributed by atoms with Crippen molar-refractivity contribution < 1.29 is 78.9 Å². The fourth-order valence-electron chi connectivity index (χ4n) is 1.57.